The number of pyridine rings is 2. The lowest BCUT2D eigenvalue weighted by molar-refractivity contribution is 1.37. The second-order valence-corrected chi connectivity index (χ2v) is 15.5. The van der Waals surface area contributed by atoms with E-state index < -0.39 is 0 Å². The standard InChI is InChI=1S/C52H30N2S/c1-2-12-31(13-3-1)44-28-25-32-22-23-33-26-29-45(54-51(33)50(32)53-44)49-40-19-8-6-17-38(40)48(39-18-7-9-20-41(39)49)43-30-34-24-27-42-36-15-10-11-21-46(36)55-52(42)47(34)37-16-5-4-14-35(37)43/h1-30H. The fourth-order valence-electron chi connectivity index (χ4n) is 8.95. The first-order valence-corrected chi connectivity index (χ1v) is 19.6. The molecule has 0 radical (unpaired) electrons. The summed E-state index contributed by atoms with van der Waals surface area (Å²) in [6, 6.07) is 66.0. The molecule has 0 saturated carbocycles. The van der Waals surface area contributed by atoms with Crippen molar-refractivity contribution in [3.8, 4) is 33.6 Å². The van der Waals surface area contributed by atoms with Crippen LogP contribution in [0.25, 0.3) is 119 Å². The van der Waals surface area contributed by atoms with Crippen molar-refractivity contribution in [1.82, 2.24) is 9.97 Å². The van der Waals surface area contributed by atoms with Gasteiger partial charge in [-0.25, -0.2) is 9.97 Å². The average molecular weight is 715 g/mol. The minimum Gasteiger partial charge on any atom is -0.245 e. The molecule has 0 aliphatic rings. The zero-order valence-electron chi connectivity index (χ0n) is 29.6. The van der Waals surface area contributed by atoms with Crippen LogP contribution in [0.1, 0.15) is 0 Å². The van der Waals surface area contributed by atoms with Crippen LogP contribution in [0, 0.1) is 0 Å². The number of aromatic nitrogens is 2. The quantitative estimate of drug-likeness (QED) is 0.134. The molecule has 0 aliphatic carbocycles. The molecule has 0 bridgehead atoms. The van der Waals surface area contributed by atoms with E-state index in [9.17, 15) is 0 Å². The molecule has 0 aliphatic heterocycles. The number of hydrogen-bond acceptors (Lipinski definition) is 3. The monoisotopic (exact) mass is 714 g/mol. The zero-order valence-corrected chi connectivity index (χ0v) is 30.4. The highest BCUT2D eigenvalue weighted by molar-refractivity contribution is 7.26. The molecule has 3 heterocycles. The molecule has 12 aromatic rings. The molecule has 0 fully saturated rings. The topological polar surface area (TPSA) is 25.8 Å². The van der Waals surface area contributed by atoms with Gasteiger partial charge < -0.3 is 0 Å². The third kappa shape index (κ3) is 4.54. The third-order valence-electron chi connectivity index (χ3n) is 11.4. The van der Waals surface area contributed by atoms with E-state index in [4.69, 9.17) is 9.97 Å². The number of thiophene rings is 1. The van der Waals surface area contributed by atoms with Gasteiger partial charge in [-0.3, -0.25) is 0 Å². The average Bonchev–Trinajstić information content (AvgIpc) is 3.64. The maximum atomic E-state index is 5.49. The molecule has 3 heteroatoms. The van der Waals surface area contributed by atoms with Crippen LogP contribution in [-0.4, -0.2) is 9.97 Å². The van der Waals surface area contributed by atoms with E-state index in [2.05, 4.69) is 176 Å². The molecule has 0 N–H and O–H groups in total. The van der Waals surface area contributed by atoms with Gasteiger partial charge in [-0.1, -0.05) is 158 Å². The van der Waals surface area contributed by atoms with Crippen molar-refractivity contribution in [2.75, 3.05) is 0 Å². The van der Waals surface area contributed by atoms with E-state index in [0.29, 0.717) is 0 Å². The first kappa shape index (κ1) is 30.5. The van der Waals surface area contributed by atoms with Crippen molar-refractivity contribution >= 4 is 96.4 Å². The maximum absolute atomic E-state index is 5.49. The summed E-state index contributed by atoms with van der Waals surface area (Å²) in [7, 11) is 0. The summed E-state index contributed by atoms with van der Waals surface area (Å²) in [4.78, 5) is 10.7. The number of rotatable bonds is 3. The Balaban J connectivity index is 1.15. The normalized spacial score (nSPS) is 12.0. The molecule has 9 aromatic carbocycles. The molecule has 2 nitrogen and oxygen atoms in total. The lowest BCUT2D eigenvalue weighted by Gasteiger charge is -2.19. The second kappa shape index (κ2) is 11.8. The number of benzene rings is 9. The summed E-state index contributed by atoms with van der Waals surface area (Å²) in [5.41, 5.74) is 8.47. The number of nitrogens with zero attached hydrogens (tertiary/aromatic N) is 2. The Bertz CT molecular complexity index is 3490. The Morgan fingerprint density at radius 2 is 0.855 bits per heavy atom. The van der Waals surface area contributed by atoms with Crippen LogP contribution >= 0.6 is 11.3 Å². The van der Waals surface area contributed by atoms with Gasteiger partial charge >= 0.3 is 0 Å². The van der Waals surface area contributed by atoms with E-state index in [1.807, 2.05) is 17.4 Å². The second-order valence-electron chi connectivity index (χ2n) is 14.4. The van der Waals surface area contributed by atoms with E-state index in [0.717, 1.165) is 44.3 Å². The Kier molecular flexibility index (Phi) is 6.54. The molecular formula is C52H30N2S. The molecule has 0 spiro atoms. The number of fused-ring (bicyclic) bond motifs is 12. The first-order valence-electron chi connectivity index (χ1n) is 18.7. The van der Waals surface area contributed by atoms with E-state index >= 15 is 0 Å². The van der Waals surface area contributed by atoms with E-state index in [-0.39, 0.29) is 0 Å². The summed E-state index contributed by atoms with van der Waals surface area (Å²) in [5.74, 6) is 0. The van der Waals surface area contributed by atoms with Crippen LogP contribution in [0.4, 0.5) is 0 Å². The van der Waals surface area contributed by atoms with Crippen LogP contribution in [0.15, 0.2) is 182 Å². The predicted molar refractivity (Wildman–Crippen MR) is 236 cm³/mol. The van der Waals surface area contributed by atoms with Gasteiger partial charge in [-0.05, 0) is 73.1 Å². The molecule has 3 aromatic heterocycles. The van der Waals surface area contributed by atoms with Crippen molar-refractivity contribution in [3.05, 3.63) is 182 Å². The van der Waals surface area contributed by atoms with Crippen molar-refractivity contribution in [3.63, 3.8) is 0 Å². The summed E-state index contributed by atoms with van der Waals surface area (Å²) < 4.78 is 2.68. The lowest BCUT2D eigenvalue weighted by Crippen LogP contribution is -1.95. The maximum Gasteiger partial charge on any atom is 0.0972 e. The fraction of sp³-hybridized carbons (Fsp3) is 0. The van der Waals surface area contributed by atoms with Gasteiger partial charge in [0.15, 0.2) is 0 Å². The molecule has 0 amide bonds. The van der Waals surface area contributed by atoms with Crippen LogP contribution in [0.2, 0.25) is 0 Å². The van der Waals surface area contributed by atoms with Crippen molar-refractivity contribution in [2.45, 2.75) is 0 Å². The molecule has 55 heavy (non-hydrogen) atoms. The van der Waals surface area contributed by atoms with Gasteiger partial charge in [-0.15, -0.1) is 11.3 Å². The lowest BCUT2D eigenvalue weighted by atomic mass is 9.84. The highest BCUT2D eigenvalue weighted by Gasteiger charge is 2.21. The first-order chi connectivity index (χ1) is 27.3. The fourth-order valence-corrected chi connectivity index (χ4v) is 10.2. The zero-order chi connectivity index (χ0) is 36.0. The largest absolute Gasteiger partial charge is 0.245 e. The predicted octanol–water partition coefficient (Wildman–Crippen LogP) is 14.8. The summed E-state index contributed by atoms with van der Waals surface area (Å²) in [5, 5.41) is 14.8. The van der Waals surface area contributed by atoms with Gasteiger partial charge in [0, 0.05) is 47.5 Å². The van der Waals surface area contributed by atoms with E-state index in [1.54, 1.807) is 0 Å². The molecule has 254 valence electrons. The van der Waals surface area contributed by atoms with Crippen LogP contribution in [0.3, 0.4) is 0 Å². The third-order valence-corrected chi connectivity index (χ3v) is 12.6. The van der Waals surface area contributed by atoms with Crippen molar-refractivity contribution in [1.29, 1.82) is 0 Å². The minimum absolute atomic E-state index is 0.915. The molecule has 0 unspecified atom stereocenters. The van der Waals surface area contributed by atoms with E-state index in [1.165, 1.54) is 74.4 Å². The number of hydrogen-bond donors (Lipinski definition) is 0. The van der Waals surface area contributed by atoms with Gasteiger partial charge in [0.1, 0.15) is 0 Å². The smallest absolute Gasteiger partial charge is 0.0972 e. The molecular weight excluding hydrogens is 685 g/mol. The SMILES string of the molecule is c1ccc(-c2ccc3ccc4ccc(-c5c6ccccc6c(-c6cc7ccc8c9ccccc9sc8c7c7ccccc67)c6ccccc56)nc4c3n2)cc1. The van der Waals surface area contributed by atoms with Crippen molar-refractivity contribution in [2.24, 2.45) is 0 Å². The Labute approximate surface area is 320 Å². The highest BCUT2D eigenvalue weighted by Crippen LogP contribution is 2.48. The van der Waals surface area contributed by atoms with Crippen molar-refractivity contribution < 1.29 is 0 Å². The Morgan fingerprint density at radius 1 is 0.345 bits per heavy atom. The molecule has 0 saturated heterocycles. The summed E-state index contributed by atoms with van der Waals surface area (Å²) in [6.45, 7) is 0. The van der Waals surface area contributed by atoms with Crippen LogP contribution < -0.4 is 0 Å². The van der Waals surface area contributed by atoms with Crippen LogP contribution in [-0.2, 0) is 0 Å². The molecule has 0 atom stereocenters. The van der Waals surface area contributed by atoms with Gasteiger partial charge in [0.05, 0.1) is 22.4 Å². The minimum atomic E-state index is 0.915. The summed E-state index contributed by atoms with van der Waals surface area (Å²) >= 11 is 1.90. The molecule has 12 rings (SSSR count). The van der Waals surface area contributed by atoms with Crippen LogP contribution in [0.5, 0.6) is 0 Å². The van der Waals surface area contributed by atoms with Gasteiger partial charge in [0.2, 0.25) is 0 Å². The highest BCUT2D eigenvalue weighted by atomic mass is 32.1. The Morgan fingerprint density at radius 3 is 1.55 bits per heavy atom. The van der Waals surface area contributed by atoms with Gasteiger partial charge in [-0.2, -0.15) is 0 Å². The Hall–Kier alpha value is -6.94. The van der Waals surface area contributed by atoms with Gasteiger partial charge in [0.25, 0.3) is 0 Å². The summed E-state index contributed by atoms with van der Waals surface area (Å²) in [6.07, 6.45) is 0.